The van der Waals surface area contributed by atoms with E-state index in [0.29, 0.717) is 36.2 Å². The van der Waals surface area contributed by atoms with Crippen LogP contribution in [-0.2, 0) is 4.79 Å². The molecule has 0 saturated carbocycles. The quantitative estimate of drug-likeness (QED) is 0.629. The molecule has 4 N–H and O–H groups in total. The molecule has 1 aromatic carbocycles. The standard InChI is InChI=1S/C16H16Cl2F3N5O2S/c17-9-5-8(11(27)6-10(9)18)12(23-13(28)16(19,20)21)7-1-3-26(4-2-7)15-25-24-14(22)29-15/h5-7,12,27H,1-4H2,(H2,22,24)(H,23,28)/t12-/m1/s1. The molecule has 2 heterocycles. The van der Waals surface area contributed by atoms with Crippen LogP contribution in [0.15, 0.2) is 12.1 Å². The molecule has 1 saturated heterocycles. The second-order valence-corrected chi connectivity index (χ2v) is 8.32. The Morgan fingerprint density at radius 3 is 2.45 bits per heavy atom. The first-order valence-corrected chi connectivity index (χ1v) is 10.0. The Hall–Kier alpha value is -1.98. The Kier molecular flexibility index (Phi) is 6.30. The number of alkyl halides is 3. The number of nitrogens with zero attached hydrogens (tertiary/aromatic N) is 3. The van der Waals surface area contributed by atoms with E-state index in [1.54, 1.807) is 0 Å². The molecule has 1 aliphatic rings. The van der Waals surface area contributed by atoms with E-state index in [1.807, 2.05) is 10.2 Å². The van der Waals surface area contributed by atoms with Crippen molar-refractivity contribution in [2.45, 2.75) is 25.1 Å². The van der Waals surface area contributed by atoms with Gasteiger partial charge in [-0.1, -0.05) is 34.5 Å². The summed E-state index contributed by atoms with van der Waals surface area (Å²) < 4.78 is 38.6. The van der Waals surface area contributed by atoms with E-state index in [9.17, 15) is 23.1 Å². The van der Waals surface area contributed by atoms with E-state index in [-0.39, 0.29) is 27.3 Å². The number of hydrogen-bond donors (Lipinski definition) is 3. The maximum atomic E-state index is 12.9. The van der Waals surface area contributed by atoms with Crippen molar-refractivity contribution in [3.8, 4) is 5.75 Å². The largest absolute Gasteiger partial charge is 0.508 e. The molecule has 3 rings (SSSR count). The zero-order chi connectivity index (χ0) is 21.3. The van der Waals surface area contributed by atoms with E-state index in [2.05, 4.69) is 10.2 Å². The van der Waals surface area contributed by atoms with Crippen molar-refractivity contribution in [3.05, 3.63) is 27.7 Å². The molecule has 158 valence electrons. The van der Waals surface area contributed by atoms with Crippen molar-refractivity contribution in [2.75, 3.05) is 23.7 Å². The van der Waals surface area contributed by atoms with Crippen molar-refractivity contribution in [1.29, 1.82) is 0 Å². The van der Waals surface area contributed by atoms with Gasteiger partial charge in [-0.15, -0.1) is 10.2 Å². The van der Waals surface area contributed by atoms with Crippen molar-refractivity contribution < 1.29 is 23.1 Å². The van der Waals surface area contributed by atoms with Crippen LogP contribution in [0.25, 0.3) is 0 Å². The predicted octanol–water partition coefficient (Wildman–Crippen LogP) is 3.77. The van der Waals surface area contributed by atoms with Crippen molar-refractivity contribution >= 4 is 50.7 Å². The number of amides is 1. The van der Waals surface area contributed by atoms with Crippen LogP contribution in [0, 0.1) is 5.92 Å². The monoisotopic (exact) mass is 469 g/mol. The summed E-state index contributed by atoms with van der Waals surface area (Å²) in [6.07, 6.45) is -4.20. The number of phenolic OH excluding ortho intramolecular Hbond substituents is 1. The first kappa shape index (κ1) is 21.7. The summed E-state index contributed by atoms with van der Waals surface area (Å²) in [4.78, 5) is 13.5. The average molecular weight is 470 g/mol. The van der Waals surface area contributed by atoms with Gasteiger partial charge in [0.1, 0.15) is 5.75 Å². The van der Waals surface area contributed by atoms with Crippen LogP contribution < -0.4 is 16.0 Å². The molecule has 0 spiro atoms. The first-order valence-electron chi connectivity index (χ1n) is 8.45. The van der Waals surface area contributed by atoms with Crippen LogP contribution in [0.4, 0.5) is 23.4 Å². The van der Waals surface area contributed by atoms with Crippen molar-refractivity contribution in [3.63, 3.8) is 0 Å². The molecular formula is C16H16Cl2F3N5O2S. The smallest absolute Gasteiger partial charge is 0.471 e. The maximum absolute atomic E-state index is 12.9. The zero-order valence-electron chi connectivity index (χ0n) is 14.7. The van der Waals surface area contributed by atoms with Gasteiger partial charge >= 0.3 is 12.1 Å². The lowest BCUT2D eigenvalue weighted by Gasteiger charge is -2.36. The average Bonchev–Trinajstić information content (AvgIpc) is 3.08. The highest BCUT2D eigenvalue weighted by Gasteiger charge is 2.42. The van der Waals surface area contributed by atoms with Gasteiger partial charge in [-0.2, -0.15) is 13.2 Å². The normalized spacial score (nSPS) is 16.7. The Balaban J connectivity index is 1.84. The number of aromatic hydroxyl groups is 1. The van der Waals surface area contributed by atoms with Gasteiger partial charge in [0.15, 0.2) is 0 Å². The molecule has 7 nitrogen and oxygen atoms in total. The van der Waals surface area contributed by atoms with Gasteiger partial charge in [-0.05, 0) is 24.8 Å². The molecule has 0 radical (unpaired) electrons. The topological polar surface area (TPSA) is 104 Å². The third kappa shape index (κ3) is 4.96. The van der Waals surface area contributed by atoms with Crippen LogP contribution in [0.5, 0.6) is 5.75 Å². The number of carbonyl (C=O) groups is 1. The molecule has 0 bridgehead atoms. The van der Waals surface area contributed by atoms with Gasteiger partial charge in [-0.3, -0.25) is 4.79 Å². The fourth-order valence-electron chi connectivity index (χ4n) is 3.25. The van der Waals surface area contributed by atoms with E-state index in [0.717, 1.165) is 6.07 Å². The van der Waals surface area contributed by atoms with E-state index in [4.69, 9.17) is 28.9 Å². The van der Waals surface area contributed by atoms with Crippen LogP contribution in [-0.4, -0.2) is 40.5 Å². The Labute approximate surface area is 177 Å². The number of halogens is 5. The molecule has 13 heteroatoms. The van der Waals surface area contributed by atoms with Gasteiger partial charge in [0, 0.05) is 24.7 Å². The van der Waals surface area contributed by atoms with Gasteiger partial charge in [-0.25, -0.2) is 0 Å². The predicted molar refractivity (Wildman–Crippen MR) is 104 cm³/mol. The van der Waals surface area contributed by atoms with Crippen LogP contribution in [0.2, 0.25) is 10.0 Å². The summed E-state index contributed by atoms with van der Waals surface area (Å²) in [5, 5.41) is 21.0. The number of nitrogen functional groups attached to an aromatic ring is 1. The lowest BCUT2D eigenvalue weighted by atomic mass is 9.85. The van der Waals surface area contributed by atoms with E-state index >= 15 is 0 Å². The number of phenols is 1. The number of anilines is 2. The highest BCUT2D eigenvalue weighted by atomic mass is 35.5. The van der Waals surface area contributed by atoms with E-state index in [1.165, 1.54) is 17.4 Å². The third-order valence-electron chi connectivity index (χ3n) is 4.66. The zero-order valence-corrected chi connectivity index (χ0v) is 17.0. The minimum atomic E-state index is -5.06. The number of nitrogens with two attached hydrogens (primary N) is 1. The van der Waals surface area contributed by atoms with Crippen LogP contribution in [0.3, 0.4) is 0 Å². The molecule has 2 aromatic rings. The summed E-state index contributed by atoms with van der Waals surface area (Å²) in [6.45, 7) is 0.944. The molecule has 1 aliphatic heterocycles. The van der Waals surface area contributed by atoms with Gasteiger partial charge < -0.3 is 21.1 Å². The number of rotatable bonds is 4. The molecule has 29 heavy (non-hydrogen) atoms. The summed E-state index contributed by atoms with van der Waals surface area (Å²) in [7, 11) is 0. The third-order valence-corrected chi connectivity index (χ3v) is 6.20. The van der Waals surface area contributed by atoms with Gasteiger partial charge in [0.25, 0.3) is 0 Å². The first-order chi connectivity index (χ1) is 13.6. The van der Waals surface area contributed by atoms with Gasteiger partial charge in [0.2, 0.25) is 10.3 Å². The van der Waals surface area contributed by atoms with Crippen molar-refractivity contribution in [1.82, 2.24) is 15.5 Å². The molecule has 1 fully saturated rings. The Morgan fingerprint density at radius 2 is 1.90 bits per heavy atom. The molecule has 1 amide bonds. The fraction of sp³-hybridized carbons (Fsp3) is 0.438. The number of aromatic nitrogens is 2. The Morgan fingerprint density at radius 1 is 1.28 bits per heavy atom. The van der Waals surface area contributed by atoms with E-state index < -0.39 is 18.1 Å². The van der Waals surface area contributed by atoms with Crippen LogP contribution in [0.1, 0.15) is 24.4 Å². The minimum absolute atomic E-state index is 0.0532. The molecular weight excluding hydrogens is 454 g/mol. The number of benzene rings is 1. The maximum Gasteiger partial charge on any atom is 0.471 e. The molecule has 1 aromatic heterocycles. The number of hydrogen-bond acceptors (Lipinski definition) is 7. The second kappa shape index (κ2) is 8.41. The highest BCUT2D eigenvalue weighted by Crippen LogP contribution is 2.40. The fourth-order valence-corrected chi connectivity index (χ4v) is 4.24. The minimum Gasteiger partial charge on any atom is -0.508 e. The summed E-state index contributed by atoms with van der Waals surface area (Å²) in [5.41, 5.74) is 5.67. The highest BCUT2D eigenvalue weighted by molar-refractivity contribution is 7.18. The van der Waals surface area contributed by atoms with Crippen LogP contribution >= 0.6 is 34.5 Å². The number of nitrogens with one attached hydrogen (secondary N) is 1. The van der Waals surface area contributed by atoms with Gasteiger partial charge in [0.05, 0.1) is 16.1 Å². The number of carbonyl (C=O) groups excluding carboxylic acids is 1. The molecule has 0 aliphatic carbocycles. The molecule has 0 unspecified atom stereocenters. The van der Waals surface area contributed by atoms with Crippen molar-refractivity contribution in [2.24, 2.45) is 5.92 Å². The summed E-state index contributed by atoms with van der Waals surface area (Å²) in [6, 6.07) is 1.32. The second-order valence-electron chi connectivity index (χ2n) is 6.52. The summed E-state index contributed by atoms with van der Waals surface area (Å²) >= 11 is 13.1. The molecule has 1 atom stereocenters. The lowest BCUT2D eigenvalue weighted by Crippen LogP contribution is -2.44. The Bertz CT molecular complexity index is 903. The number of piperidine rings is 1. The lowest BCUT2D eigenvalue weighted by molar-refractivity contribution is -0.174. The SMILES string of the molecule is Nc1nnc(N2CCC([C@@H](NC(=O)C(F)(F)F)c3cc(Cl)c(Cl)cc3O)CC2)s1. The summed E-state index contributed by atoms with van der Waals surface area (Å²) in [5.74, 6) is -2.82.